The highest BCUT2D eigenvalue weighted by Crippen LogP contribution is 2.65. The van der Waals surface area contributed by atoms with Gasteiger partial charge in [0, 0.05) is 7.11 Å². The minimum Gasteiger partial charge on any atom is -0.381 e. The van der Waals surface area contributed by atoms with Crippen LogP contribution in [0.15, 0.2) is 24.3 Å². The Hall–Kier alpha value is -0.560. The van der Waals surface area contributed by atoms with Crippen molar-refractivity contribution in [3.8, 4) is 0 Å². The Bertz CT molecular complexity index is 478. The zero-order chi connectivity index (χ0) is 14.7. The molecule has 0 heterocycles. The first-order valence-corrected chi connectivity index (χ1v) is 8.97. The van der Waals surface area contributed by atoms with Crippen molar-refractivity contribution in [2.24, 2.45) is 34.5 Å². The molecule has 1 heteroatoms. The van der Waals surface area contributed by atoms with Crippen molar-refractivity contribution in [1.29, 1.82) is 0 Å². The Morgan fingerprint density at radius 3 is 2.71 bits per heavy atom. The topological polar surface area (TPSA) is 9.23 Å². The molecular weight excluding hydrogens is 256 g/mol. The van der Waals surface area contributed by atoms with Gasteiger partial charge in [-0.25, -0.2) is 0 Å². The Kier molecular flexibility index (Phi) is 3.16. The summed E-state index contributed by atoms with van der Waals surface area (Å²) >= 11 is 0. The molecule has 4 aliphatic rings. The van der Waals surface area contributed by atoms with Gasteiger partial charge in [0.15, 0.2) is 0 Å². The predicted octanol–water partition coefficient (Wildman–Crippen LogP) is 4.99. The van der Waals surface area contributed by atoms with Gasteiger partial charge in [-0.15, -0.1) is 0 Å². The molecule has 0 N–H and O–H groups in total. The first-order valence-electron chi connectivity index (χ1n) is 8.97. The summed E-state index contributed by atoms with van der Waals surface area (Å²) in [6.07, 6.45) is 18.4. The van der Waals surface area contributed by atoms with Crippen LogP contribution in [-0.4, -0.2) is 13.2 Å². The van der Waals surface area contributed by atoms with Gasteiger partial charge in [0.25, 0.3) is 0 Å². The van der Waals surface area contributed by atoms with Crippen molar-refractivity contribution in [2.75, 3.05) is 7.11 Å². The zero-order valence-electron chi connectivity index (χ0n) is 13.8. The first kappa shape index (κ1) is 14.1. The van der Waals surface area contributed by atoms with Gasteiger partial charge in [0.1, 0.15) is 0 Å². The molecule has 4 aliphatic carbocycles. The minimum absolute atomic E-state index is 0.373. The molecule has 116 valence electrons. The molecule has 7 atom stereocenters. The van der Waals surface area contributed by atoms with Gasteiger partial charge in [-0.3, -0.25) is 0 Å². The van der Waals surface area contributed by atoms with Gasteiger partial charge in [-0.1, -0.05) is 44.6 Å². The maximum absolute atomic E-state index is 6.05. The zero-order valence-corrected chi connectivity index (χ0v) is 13.8. The Balaban J connectivity index is 1.74. The number of hydrogen-bond acceptors (Lipinski definition) is 1. The second-order valence-corrected chi connectivity index (χ2v) is 8.60. The van der Waals surface area contributed by atoms with E-state index in [0.717, 1.165) is 17.8 Å². The molecule has 0 aliphatic heterocycles. The summed E-state index contributed by atoms with van der Waals surface area (Å²) in [6.45, 7) is 5.09. The fourth-order valence-corrected chi connectivity index (χ4v) is 6.61. The van der Waals surface area contributed by atoms with Crippen molar-refractivity contribution in [3.63, 3.8) is 0 Å². The van der Waals surface area contributed by atoms with E-state index in [9.17, 15) is 0 Å². The summed E-state index contributed by atoms with van der Waals surface area (Å²) in [4.78, 5) is 0. The lowest BCUT2D eigenvalue weighted by molar-refractivity contribution is -0.133. The van der Waals surface area contributed by atoms with Gasteiger partial charge >= 0.3 is 0 Å². The summed E-state index contributed by atoms with van der Waals surface area (Å²) in [7, 11) is 1.95. The highest BCUT2D eigenvalue weighted by atomic mass is 16.5. The number of methoxy groups -OCH3 is 1. The maximum Gasteiger partial charge on any atom is 0.0611 e. The van der Waals surface area contributed by atoms with E-state index >= 15 is 0 Å². The average Bonchev–Trinajstić information content (AvgIpc) is 2.87. The van der Waals surface area contributed by atoms with Crippen LogP contribution in [0.1, 0.15) is 52.4 Å². The summed E-state index contributed by atoms with van der Waals surface area (Å²) in [5, 5.41) is 0. The normalized spacial score (nSPS) is 54.9. The fourth-order valence-electron chi connectivity index (χ4n) is 6.61. The van der Waals surface area contributed by atoms with E-state index < -0.39 is 0 Å². The predicted molar refractivity (Wildman–Crippen MR) is 87.0 cm³/mol. The van der Waals surface area contributed by atoms with Gasteiger partial charge < -0.3 is 4.74 Å². The van der Waals surface area contributed by atoms with Crippen LogP contribution in [0.3, 0.4) is 0 Å². The summed E-state index contributed by atoms with van der Waals surface area (Å²) in [5.41, 5.74) is 0.980. The molecule has 0 aromatic carbocycles. The van der Waals surface area contributed by atoms with Crippen molar-refractivity contribution in [1.82, 2.24) is 0 Å². The van der Waals surface area contributed by atoms with E-state index in [1.807, 2.05) is 7.11 Å². The van der Waals surface area contributed by atoms with Crippen molar-refractivity contribution in [2.45, 2.75) is 58.5 Å². The monoisotopic (exact) mass is 286 g/mol. The first-order chi connectivity index (χ1) is 10.1. The van der Waals surface area contributed by atoms with Crippen LogP contribution in [0.4, 0.5) is 0 Å². The van der Waals surface area contributed by atoms with Crippen LogP contribution in [0, 0.1) is 34.5 Å². The van der Waals surface area contributed by atoms with Crippen LogP contribution in [-0.2, 0) is 4.74 Å². The van der Waals surface area contributed by atoms with Crippen LogP contribution >= 0.6 is 0 Å². The van der Waals surface area contributed by atoms with Crippen molar-refractivity contribution < 1.29 is 4.74 Å². The van der Waals surface area contributed by atoms with E-state index in [0.29, 0.717) is 22.9 Å². The lowest BCUT2D eigenvalue weighted by Gasteiger charge is -2.59. The molecule has 0 saturated heterocycles. The summed E-state index contributed by atoms with van der Waals surface area (Å²) in [6, 6.07) is 0. The highest BCUT2D eigenvalue weighted by molar-refractivity contribution is 5.24. The largest absolute Gasteiger partial charge is 0.381 e. The standard InChI is InChI=1S/C20H30O/c1-19-10-6-8-15(19)18-16(9-12-19)20(2)11-5-4-7-14(20)13-17(18)21-3/h4-5,7,11,14-18H,6,8-10,12-13H2,1-3H3/t14?,15-,16-,17+,18-,19-,20-/m0/s1. The third-order valence-corrected chi connectivity index (χ3v) is 7.84. The van der Waals surface area contributed by atoms with Gasteiger partial charge in [-0.05, 0) is 66.6 Å². The van der Waals surface area contributed by atoms with Crippen molar-refractivity contribution >= 4 is 0 Å². The lowest BCUT2D eigenvalue weighted by atomic mass is 9.46. The lowest BCUT2D eigenvalue weighted by Crippen LogP contribution is -2.56. The second kappa shape index (κ2) is 4.72. The minimum atomic E-state index is 0.373. The molecular formula is C20H30O. The number of rotatable bonds is 1. The van der Waals surface area contributed by atoms with E-state index in [4.69, 9.17) is 4.74 Å². The smallest absolute Gasteiger partial charge is 0.0611 e. The molecule has 1 nitrogen and oxygen atoms in total. The fraction of sp³-hybridized carbons (Fsp3) is 0.800. The van der Waals surface area contributed by atoms with E-state index in [1.165, 1.54) is 38.5 Å². The molecule has 21 heavy (non-hydrogen) atoms. The molecule has 0 aromatic heterocycles. The number of allylic oxidation sites excluding steroid dienone is 4. The highest BCUT2D eigenvalue weighted by Gasteiger charge is 2.59. The molecule has 3 saturated carbocycles. The van der Waals surface area contributed by atoms with Crippen LogP contribution < -0.4 is 0 Å². The molecule has 4 rings (SSSR count). The van der Waals surface area contributed by atoms with Gasteiger partial charge in [0.2, 0.25) is 0 Å². The third-order valence-electron chi connectivity index (χ3n) is 7.84. The Morgan fingerprint density at radius 2 is 1.90 bits per heavy atom. The van der Waals surface area contributed by atoms with Gasteiger partial charge in [0.05, 0.1) is 6.10 Å². The molecule has 0 spiro atoms. The molecule has 1 unspecified atom stereocenters. The number of fused-ring (bicyclic) bond motifs is 5. The summed E-state index contributed by atoms with van der Waals surface area (Å²) < 4.78 is 6.05. The number of hydrogen-bond donors (Lipinski definition) is 0. The van der Waals surface area contributed by atoms with Crippen LogP contribution in [0.25, 0.3) is 0 Å². The molecule has 0 amide bonds. The molecule has 3 fully saturated rings. The van der Waals surface area contributed by atoms with E-state index in [2.05, 4.69) is 38.2 Å². The maximum atomic E-state index is 6.05. The van der Waals surface area contributed by atoms with Gasteiger partial charge in [-0.2, -0.15) is 0 Å². The summed E-state index contributed by atoms with van der Waals surface area (Å²) in [5.74, 6) is 3.19. The average molecular weight is 286 g/mol. The van der Waals surface area contributed by atoms with Crippen LogP contribution in [0.2, 0.25) is 0 Å². The third kappa shape index (κ3) is 1.86. The molecule has 0 radical (unpaired) electrons. The van der Waals surface area contributed by atoms with Crippen LogP contribution in [0.5, 0.6) is 0 Å². The van der Waals surface area contributed by atoms with E-state index in [-0.39, 0.29) is 0 Å². The Morgan fingerprint density at radius 1 is 1.05 bits per heavy atom. The van der Waals surface area contributed by atoms with Crippen molar-refractivity contribution in [3.05, 3.63) is 24.3 Å². The molecule has 0 bridgehead atoms. The van der Waals surface area contributed by atoms with E-state index in [1.54, 1.807) is 0 Å². The quantitative estimate of drug-likeness (QED) is 0.660. The molecule has 0 aromatic rings. The number of ether oxygens (including phenoxy) is 1. The Labute approximate surface area is 129 Å². The SMILES string of the molecule is CO[C@@H]1CC2C=CC=C[C@]2(C)[C@H]2CC[C@]3(C)CCC[C@H]3[C@H]12. The second-order valence-electron chi connectivity index (χ2n) is 8.60.